The summed E-state index contributed by atoms with van der Waals surface area (Å²) in [5.41, 5.74) is 1.34. The second-order valence-electron chi connectivity index (χ2n) is 6.99. The molecule has 1 aromatic heterocycles. The first-order valence-electron chi connectivity index (χ1n) is 9.35. The number of nitrogens with one attached hydrogen (secondary N) is 1. The zero-order valence-corrected chi connectivity index (χ0v) is 17.8. The quantitative estimate of drug-likeness (QED) is 0.280. The Hall–Kier alpha value is -0.830. The predicted molar refractivity (Wildman–Crippen MR) is 112 cm³/mol. The lowest BCUT2D eigenvalue weighted by Gasteiger charge is -2.21. The Bertz CT molecular complexity index is 543. The van der Waals surface area contributed by atoms with Crippen LogP contribution in [0.15, 0.2) is 17.4 Å². The third-order valence-electron chi connectivity index (χ3n) is 4.78. The third-order valence-corrected chi connectivity index (χ3v) is 4.78. The Labute approximate surface area is 168 Å². The number of rotatable bonds is 8. The number of ether oxygens (including phenoxy) is 1. The summed E-state index contributed by atoms with van der Waals surface area (Å²) in [6.07, 6.45) is 9.01. The van der Waals surface area contributed by atoms with Crippen molar-refractivity contribution in [1.82, 2.24) is 20.0 Å². The summed E-state index contributed by atoms with van der Waals surface area (Å²) < 4.78 is 7.58. The van der Waals surface area contributed by atoms with E-state index >= 15 is 0 Å². The Morgan fingerprint density at radius 2 is 2.24 bits per heavy atom. The van der Waals surface area contributed by atoms with Gasteiger partial charge in [0.1, 0.15) is 0 Å². The first-order valence-corrected chi connectivity index (χ1v) is 9.35. The van der Waals surface area contributed by atoms with Gasteiger partial charge in [-0.15, -0.1) is 24.0 Å². The van der Waals surface area contributed by atoms with Gasteiger partial charge in [-0.2, -0.15) is 5.10 Å². The molecule has 6 nitrogen and oxygen atoms in total. The fraction of sp³-hybridized carbons (Fsp3) is 0.778. The number of aryl methyl sites for hydroxylation is 1. The van der Waals surface area contributed by atoms with Gasteiger partial charge in [0.05, 0.1) is 6.20 Å². The minimum absolute atomic E-state index is 0. The van der Waals surface area contributed by atoms with Crippen LogP contribution in [-0.2, 0) is 11.8 Å². The Morgan fingerprint density at radius 1 is 1.40 bits per heavy atom. The standard InChI is InChI=1S/C18H31N5O.HI/c1-3-19-18(20-8-4-10-24-14-15-5-6-15)23-9-7-16(13-23)17-11-21-22(2)12-17;/h11-12,15-16H,3-10,13-14H2,1-2H3,(H,19,20);1H. The molecular weight excluding hydrogens is 429 g/mol. The summed E-state index contributed by atoms with van der Waals surface area (Å²) in [7, 11) is 1.98. The highest BCUT2D eigenvalue weighted by Gasteiger charge is 2.26. The summed E-state index contributed by atoms with van der Waals surface area (Å²) in [5, 5.41) is 7.74. The molecule has 2 fully saturated rings. The molecule has 1 saturated carbocycles. The lowest BCUT2D eigenvalue weighted by atomic mass is 10.0. The number of halogens is 1. The van der Waals surface area contributed by atoms with Gasteiger partial charge in [-0.05, 0) is 44.1 Å². The topological polar surface area (TPSA) is 54.7 Å². The molecule has 142 valence electrons. The number of aromatic nitrogens is 2. The number of nitrogens with zero attached hydrogens (tertiary/aromatic N) is 4. The molecule has 1 aliphatic carbocycles. The molecule has 25 heavy (non-hydrogen) atoms. The van der Waals surface area contributed by atoms with Gasteiger partial charge in [0.15, 0.2) is 5.96 Å². The number of hydrogen-bond donors (Lipinski definition) is 1. The van der Waals surface area contributed by atoms with E-state index in [1.165, 1.54) is 24.8 Å². The van der Waals surface area contributed by atoms with Crippen molar-refractivity contribution in [2.75, 3.05) is 39.4 Å². The van der Waals surface area contributed by atoms with Crippen molar-refractivity contribution in [3.05, 3.63) is 18.0 Å². The molecule has 1 aromatic rings. The van der Waals surface area contributed by atoms with Crippen LogP contribution in [0.1, 0.15) is 44.1 Å². The first-order chi connectivity index (χ1) is 11.8. The largest absolute Gasteiger partial charge is 0.381 e. The van der Waals surface area contributed by atoms with Crippen LogP contribution < -0.4 is 5.32 Å². The second kappa shape index (κ2) is 10.4. The van der Waals surface area contributed by atoms with E-state index in [-0.39, 0.29) is 24.0 Å². The zero-order chi connectivity index (χ0) is 16.8. The highest BCUT2D eigenvalue weighted by Crippen LogP contribution is 2.28. The van der Waals surface area contributed by atoms with Crippen molar-refractivity contribution < 1.29 is 4.74 Å². The van der Waals surface area contributed by atoms with E-state index in [9.17, 15) is 0 Å². The van der Waals surface area contributed by atoms with Crippen LogP contribution in [0.2, 0.25) is 0 Å². The summed E-state index contributed by atoms with van der Waals surface area (Å²) in [5.74, 6) is 2.45. The van der Waals surface area contributed by atoms with Gasteiger partial charge in [-0.3, -0.25) is 9.67 Å². The average molecular weight is 461 g/mol. The van der Waals surface area contributed by atoms with Gasteiger partial charge in [0.2, 0.25) is 0 Å². The Morgan fingerprint density at radius 3 is 2.92 bits per heavy atom. The van der Waals surface area contributed by atoms with Gasteiger partial charge in [-0.1, -0.05) is 0 Å². The van der Waals surface area contributed by atoms with E-state index in [0.717, 1.165) is 57.7 Å². The Balaban J connectivity index is 0.00000225. The van der Waals surface area contributed by atoms with Crippen LogP contribution in [0.4, 0.5) is 0 Å². The van der Waals surface area contributed by atoms with E-state index < -0.39 is 0 Å². The average Bonchev–Trinajstić information content (AvgIpc) is 3.08. The van der Waals surface area contributed by atoms with Crippen molar-refractivity contribution in [3.8, 4) is 0 Å². The maximum absolute atomic E-state index is 5.69. The minimum Gasteiger partial charge on any atom is -0.381 e. The van der Waals surface area contributed by atoms with E-state index in [2.05, 4.69) is 28.4 Å². The number of hydrogen-bond acceptors (Lipinski definition) is 3. The number of aliphatic imine (C=N–C) groups is 1. The molecule has 1 atom stereocenters. The molecule has 0 radical (unpaired) electrons. The van der Waals surface area contributed by atoms with Crippen molar-refractivity contribution in [2.45, 2.75) is 38.5 Å². The molecule has 2 aliphatic rings. The van der Waals surface area contributed by atoms with E-state index in [0.29, 0.717) is 5.92 Å². The minimum atomic E-state index is 0. The number of guanidine groups is 1. The summed E-state index contributed by atoms with van der Waals surface area (Å²) >= 11 is 0. The van der Waals surface area contributed by atoms with Crippen molar-refractivity contribution in [1.29, 1.82) is 0 Å². The molecular formula is C18H32IN5O. The first kappa shape index (κ1) is 20.5. The predicted octanol–water partition coefficient (Wildman–Crippen LogP) is 2.61. The van der Waals surface area contributed by atoms with Crippen LogP contribution >= 0.6 is 24.0 Å². The zero-order valence-electron chi connectivity index (χ0n) is 15.5. The molecule has 0 amide bonds. The van der Waals surface area contributed by atoms with E-state index in [1.54, 1.807) is 0 Å². The lowest BCUT2D eigenvalue weighted by molar-refractivity contribution is 0.123. The monoisotopic (exact) mass is 461 g/mol. The van der Waals surface area contributed by atoms with Gasteiger partial charge in [0.25, 0.3) is 0 Å². The number of likely N-dealkylation sites (tertiary alicyclic amines) is 1. The maximum atomic E-state index is 5.69. The molecule has 2 heterocycles. The van der Waals surface area contributed by atoms with Gasteiger partial charge < -0.3 is 15.0 Å². The molecule has 1 unspecified atom stereocenters. The highest BCUT2D eigenvalue weighted by molar-refractivity contribution is 14.0. The fourth-order valence-corrected chi connectivity index (χ4v) is 3.19. The van der Waals surface area contributed by atoms with Gasteiger partial charge in [-0.25, -0.2) is 0 Å². The molecule has 1 N–H and O–H groups in total. The summed E-state index contributed by atoms with van der Waals surface area (Å²) in [6, 6.07) is 0. The molecule has 0 bridgehead atoms. The van der Waals surface area contributed by atoms with Crippen LogP contribution in [0.3, 0.4) is 0 Å². The normalized spacial score (nSPS) is 20.6. The van der Waals surface area contributed by atoms with Crippen molar-refractivity contribution in [2.24, 2.45) is 18.0 Å². The molecule has 0 spiro atoms. The molecule has 0 aromatic carbocycles. The molecule has 3 rings (SSSR count). The van der Waals surface area contributed by atoms with Crippen molar-refractivity contribution in [3.63, 3.8) is 0 Å². The highest BCUT2D eigenvalue weighted by atomic mass is 127. The molecule has 1 aliphatic heterocycles. The fourth-order valence-electron chi connectivity index (χ4n) is 3.19. The van der Waals surface area contributed by atoms with E-state index in [1.807, 2.05) is 17.9 Å². The summed E-state index contributed by atoms with van der Waals surface area (Å²) in [6.45, 7) is 7.73. The molecule has 1 saturated heterocycles. The van der Waals surface area contributed by atoms with Crippen LogP contribution in [0.25, 0.3) is 0 Å². The smallest absolute Gasteiger partial charge is 0.193 e. The molecule has 7 heteroatoms. The van der Waals surface area contributed by atoms with Crippen LogP contribution in [-0.4, -0.2) is 60.0 Å². The third kappa shape index (κ3) is 6.44. The van der Waals surface area contributed by atoms with Crippen LogP contribution in [0, 0.1) is 5.92 Å². The van der Waals surface area contributed by atoms with Crippen LogP contribution in [0.5, 0.6) is 0 Å². The van der Waals surface area contributed by atoms with Gasteiger partial charge in [0, 0.05) is 58.6 Å². The van der Waals surface area contributed by atoms with Crippen molar-refractivity contribution >= 4 is 29.9 Å². The summed E-state index contributed by atoms with van der Waals surface area (Å²) in [4.78, 5) is 7.17. The Kier molecular flexibility index (Phi) is 8.48. The second-order valence-corrected chi connectivity index (χ2v) is 6.99. The lowest BCUT2D eigenvalue weighted by Crippen LogP contribution is -2.40. The van der Waals surface area contributed by atoms with E-state index in [4.69, 9.17) is 9.73 Å². The SMILES string of the molecule is CCNC(=NCCCOCC1CC1)N1CCC(c2cnn(C)c2)C1.I. The van der Waals surface area contributed by atoms with Gasteiger partial charge >= 0.3 is 0 Å². The maximum Gasteiger partial charge on any atom is 0.193 e.